The van der Waals surface area contributed by atoms with Gasteiger partial charge in [0.1, 0.15) is 0 Å². The molecule has 1 heterocycles. The number of nitrogens with one attached hydrogen (secondary N) is 1. The van der Waals surface area contributed by atoms with E-state index in [0.29, 0.717) is 21.8 Å². The number of nitro groups is 1. The first-order chi connectivity index (χ1) is 9.90. The van der Waals surface area contributed by atoms with E-state index >= 15 is 0 Å². The largest absolute Gasteiger partial charge is 0.365 e. The van der Waals surface area contributed by atoms with Crippen LogP contribution in [0, 0.1) is 10.1 Å². The van der Waals surface area contributed by atoms with E-state index in [0.717, 1.165) is 19.5 Å². The molecule has 1 atom stereocenters. The third kappa shape index (κ3) is 3.78. The minimum absolute atomic E-state index is 0.0866. The number of anilines is 1. The number of non-ortho nitro benzene ring substituents is 1. The third-order valence-electron chi connectivity index (χ3n) is 3.70. The molecule has 7 heteroatoms. The van der Waals surface area contributed by atoms with Crippen molar-refractivity contribution in [3.8, 4) is 0 Å². The Morgan fingerprint density at radius 3 is 2.48 bits per heavy atom. The Hall–Kier alpha value is -1.04. The molecular weight excluding hydrogens is 313 g/mol. The maximum atomic E-state index is 10.9. The van der Waals surface area contributed by atoms with Gasteiger partial charge in [-0.1, -0.05) is 23.2 Å². The molecular formula is C14H19Cl2N3O2. The van der Waals surface area contributed by atoms with Crippen molar-refractivity contribution in [2.24, 2.45) is 0 Å². The number of hydrogen-bond donors (Lipinski definition) is 1. The van der Waals surface area contributed by atoms with Crippen LogP contribution < -0.4 is 10.2 Å². The molecule has 0 aliphatic carbocycles. The molecule has 21 heavy (non-hydrogen) atoms. The second-order valence-corrected chi connectivity index (χ2v) is 6.37. The molecule has 0 saturated carbocycles. The lowest BCUT2D eigenvalue weighted by molar-refractivity contribution is -0.384. The fourth-order valence-corrected chi connectivity index (χ4v) is 3.33. The summed E-state index contributed by atoms with van der Waals surface area (Å²) in [5.41, 5.74) is 0.587. The first-order valence-corrected chi connectivity index (χ1v) is 7.79. The Balaban J connectivity index is 2.33. The lowest BCUT2D eigenvalue weighted by atomic mass is 10.1. The highest BCUT2D eigenvalue weighted by atomic mass is 35.5. The molecule has 2 rings (SSSR count). The van der Waals surface area contributed by atoms with Crippen LogP contribution in [0.15, 0.2) is 12.1 Å². The third-order valence-corrected chi connectivity index (χ3v) is 4.28. The van der Waals surface area contributed by atoms with E-state index in [1.807, 2.05) is 0 Å². The molecule has 1 aliphatic rings. The summed E-state index contributed by atoms with van der Waals surface area (Å²) in [6.45, 7) is 5.93. The zero-order valence-electron chi connectivity index (χ0n) is 12.1. The Morgan fingerprint density at radius 1 is 1.43 bits per heavy atom. The van der Waals surface area contributed by atoms with E-state index in [2.05, 4.69) is 24.1 Å². The molecule has 0 bridgehead atoms. The summed E-state index contributed by atoms with van der Waals surface area (Å²) in [5, 5.41) is 14.9. The molecule has 1 unspecified atom stereocenters. The number of halogens is 2. The second kappa shape index (κ2) is 6.81. The molecule has 1 aromatic rings. The number of benzene rings is 1. The van der Waals surface area contributed by atoms with Crippen molar-refractivity contribution in [2.75, 3.05) is 18.0 Å². The Bertz CT molecular complexity index is 508. The molecule has 1 aliphatic heterocycles. The van der Waals surface area contributed by atoms with Crippen LogP contribution in [-0.2, 0) is 0 Å². The monoisotopic (exact) mass is 331 g/mol. The maximum absolute atomic E-state index is 10.9. The van der Waals surface area contributed by atoms with Crippen LogP contribution in [-0.4, -0.2) is 30.1 Å². The highest BCUT2D eigenvalue weighted by Gasteiger charge is 2.25. The van der Waals surface area contributed by atoms with Crippen LogP contribution in [0.2, 0.25) is 10.0 Å². The smallest absolute Gasteiger partial charge is 0.272 e. The lowest BCUT2D eigenvalue weighted by Gasteiger charge is -2.33. The minimum atomic E-state index is -0.486. The van der Waals surface area contributed by atoms with Gasteiger partial charge in [0, 0.05) is 30.8 Å². The summed E-state index contributed by atoms with van der Waals surface area (Å²) in [6, 6.07) is 3.32. The molecule has 0 spiro atoms. The summed E-state index contributed by atoms with van der Waals surface area (Å²) in [7, 11) is 0. The first-order valence-electron chi connectivity index (χ1n) is 7.03. The zero-order valence-corrected chi connectivity index (χ0v) is 13.6. The Kier molecular flexibility index (Phi) is 5.30. The molecule has 1 N–H and O–H groups in total. The number of hydrogen-bond acceptors (Lipinski definition) is 4. The van der Waals surface area contributed by atoms with E-state index in [1.165, 1.54) is 18.6 Å². The van der Waals surface area contributed by atoms with Gasteiger partial charge in [-0.05, 0) is 33.2 Å². The van der Waals surface area contributed by atoms with E-state index in [4.69, 9.17) is 23.2 Å². The SMILES string of the molecule is CC(C)N(CC1CCCN1)c1c(Cl)cc([N+](=O)[O-])cc1Cl. The van der Waals surface area contributed by atoms with Gasteiger partial charge in [0.15, 0.2) is 0 Å². The van der Waals surface area contributed by atoms with Gasteiger partial charge < -0.3 is 10.2 Å². The van der Waals surface area contributed by atoms with Crippen LogP contribution in [0.4, 0.5) is 11.4 Å². The Morgan fingerprint density at radius 2 is 2.05 bits per heavy atom. The van der Waals surface area contributed by atoms with Gasteiger partial charge in [0.2, 0.25) is 0 Å². The number of nitrogens with zero attached hydrogens (tertiary/aromatic N) is 2. The van der Waals surface area contributed by atoms with Crippen molar-refractivity contribution >= 4 is 34.6 Å². The summed E-state index contributed by atoms with van der Waals surface area (Å²) in [4.78, 5) is 12.5. The van der Waals surface area contributed by atoms with Crippen molar-refractivity contribution in [3.05, 3.63) is 32.3 Å². The van der Waals surface area contributed by atoms with E-state index in [-0.39, 0.29) is 11.7 Å². The van der Waals surface area contributed by atoms with Gasteiger partial charge in [-0.2, -0.15) is 0 Å². The molecule has 116 valence electrons. The van der Waals surface area contributed by atoms with Gasteiger partial charge in [-0.3, -0.25) is 10.1 Å². The number of rotatable bonds is 5. The van der Waals surface area contributed by atoms with Crippen LogP contribution in [0.1, 0.15) is 26.7 Å². The normalized spacial score (nSPS) is 18.2. The van der Waals surface area contributed by atoms with Crippen LogP contribution in [0.3, 0.4) is 0 Å². The van der Waals surface area contributed by atoms with E-state index < -0.39 is 4.92 Å². The summed E-state index contributed by atoms with van der Waals surface area (Å²) in [6.07, 6.45) is 2.28. The van der Waals surface area contributed by atoms with Gasteiger partial charge >= 0.3 is 0 Å². The fourth-order valence-electron chi connectivity index (χ4n) is 2.64. The predicted molar refractivity (Wildman–Crippen MR) is 86.6 cm³/mol. The van der Waals surface area contributed by atoms with Gasteiger partial charge in [0.25, 0.3) is 5.69 Å². The van der Waals surface area contributed by atoms with Crippen LogP contribution >= 0.6 is 23.2 Å². The van der Waals surface area contributed by atoms with Crippen LogP contribution in [0.5, 0.6) is 0 Å². The minimum Gasteiger partial charge on any atom is -0.365 e. The first kappa shape index (κ1) is 16.3. The molecule has 0 aromatic heterocycles. The summed E-state index contributed by atoms with van der Waals surface area (Å²) < 4.78 is 0. The average molecular weight is 332 g/mol. The fraction of sp³-hybridized carbons (Fsp3) is 0.571. The van der Waals surface area contributed by atoms with Gasteiger partial charge in [0.05, 0.1) is 20.7 Å². The highest BCUT2D eigenvalue weighted by Crippen LogP contribution is 2.38. The van der Waals surface area contributed by atoms with Crippen molar-refractivity contribution in [2.45, 2.75) is 38.8 Å². The van der Waals surface area contributed by atoms with Gasteiger partial charge in [-0.25, -0.2) is 0 Å². The zero-order chi connectivity index (χ0) is 15.6. The van der Waals surface area contributed by atoms with Crippen molar-refractivity contribution in [1.29, 1.82) is 0 Å². The van der Waals surface area contributed by atoms with E-state index in [9.17, 15) is 10.1 Å². The molecule has 0 radical (unpaired) electrons. The van der Waals surface area contributed by atoms with E-state index in [1.54, 1.807) is 0 Å². The summed E-state index contributed by atoms with van der Waals surface area (Å²) >= 11 is 12.5. The van der Waals surface area contributed by atoms with Crippen molar-refractivity contribution in [3.63, 3.8) is 0 Å². The molecule has 1 saturated heterocycles. The van der Waals surface area contributed by atoms with Gasteiger partial charge in [-0.15, -0.1) is 0 Å². The molecule has 0 amide bonds. The Labute approximate surface area is 134 Å². The standard InChI is InChI=1S/C14H19Cl2N3O2/c1-9(2)18(8-10-4-3-5-17-10)14-12(15)6-11(19(20)21)7-13(14)16/h6-7,9-10,17H,3-5,8H2,1-2H3. The second-order valence-electron chi connectivity index (χ2n) is 5.55. The molecule has 1 aromatic carbocycles. The lowest BCUT2D eigenvalue weighted by Crippen LogP contribution is -2.41. The predicted octanol–water partition coefficient (Wildman–Crippen LogP) is 3.87. The molecule has 5 nitrogen and oxygen atoms in total. The summed E-state index contributed by atoms with van der Waals surface area (Å²) in [5.74, 6) is 0. The maximum Gasteiger partial charge on any atom is 0.272 e. The van der Waals surface area contributed by atoms with Crippen molar-refractivity contribution in [1.82, 2.24) is 5.32 Å². The topological polar surface area (TPSA) is 58.4 Å². The highest BCUT2D eigenvalue weighted by molar-refractivity contribution is 6.39. The van der Waals surface area contributed by atoms with Crippen LogP contribution in [0.25, 0.3) is 0 Å². The number of nitro benzene ring substituents is 1. The molecule has 1 fully saturated rings. The average Bonchev–Trinajstić information content (AvgIpc) is 2.89. The quantitative estimate of drug-likeness (QED) is 0.657. The van der Waals surface area contributed by atoms with Crippen molar-refractivity contribution < 1.29 is 4.92 Å².